The zero-order valence-electron chi connectivity index (χ0n) is 13.8. The second kappa shape index (κ2) is 6.66. The molecule has 0 bridgehead atoms. The standard InChI is InChI=1S/C21H21NO/c1-15(17-11-13-19(23-3)14-12-17)22-16(2)20-10-6-8-18-7-4-5-9-21(18)20/h4-14,16H,1-3H3/t16-/m1/s1. The first-order valence-electron chi connectivity index (χ1n) is 7.85. The summed E-state index contributed by atoms with van der Waals surface area (Å²) in [4.78, 5) is 4.90. The van der Waals surface area contributed by atoms with E-state index >= 15 is 0 Å². The van der Waals surface area contributed by atoms with E-state index in [2.05, 4.69) is 56.3 Å². The molecule has 3 aromatic carbocycles. The SMILES string of the molecule is COc1ccc(C(C)=N[C@H](C)c2cccc3ccccc23)cc1. The van der Waals surface area contributed by atoms with Crippen LogP contribution in [0.15, 0.2) is 71.7 Å². The van der Waals surface area contributed by atoms with Crippen molar-refractivity contribution in [2.75, 3.05) is 7.11 Å². The lowest BCUT2D eigenvalue weighted by atomic mass is 9.99. The third-order valence-corrected chi connectivity index (χ3v) is 4.17. The van der Waals surface area contributed by atoms with E-state index in [1.165, 1.54) is 16.3 Å². The molecule has 0 saturated carbocycles. The fourth-order valence-electron chi connectivity index (χ4n) is 2.88. The summed E-state index contributed by atoms with van der Waals surface area (Å²) in [6.07, 6.45) is 0. The highest BCUT2D eigenvalue weighted by atomic mass is 16.5. The predicted octanol–water partition coefficient (Wildman–Crippen LogP) is 5.42. The van der Waals surface area contributed by atoms with Gasteiger partial charge < -0.3 is 4.74 Å². The van der Waals surface area contributed by atoms with E-state index in [0.29, 0.717) is 0 Å². The minimum absolute atomic E-state index is 0.114. The fourth-order valence-corrected chi connectivity index (χ4v) is 2.88. The van der Waals surface area contributed by atoms with Gasteiger partial charge in [0, 0.05) is 5.71 Å². The first kappa shape index (κ1) is 15.3. The second-order valence-electron chi connectivity index (χ2n) is 5.69. The maximum atomic E-state index is 5.21. The molecule has 0 aliphatic carbocycles. The van der Waals surface area contributed by atoms with Gasteiger partial charge in [0.2, 0.25) is 0 Å². The van der Waals surface area contributed by atoms with Gasteiger partial charge in [0.1, 0.15) is 5.75 Å². The number of fused-ring (bicyclic) bond motifs is 1. The number of ether oxygens (including phenoxy) is 1. The largest absolute Gasteiger partial charge is 0.497 e. The third kappa shape index (κ3) is 3.26. The molecule has 0 N–H and O–H groups in total. The molecule has 0 saturated heterocycles. The van der Waals surface area contributed by atoms with Crippen molar-refractivity contribution < 1.29 is 4.74 Å². The summed E-state index contributed by atoms with van der Waals surface area (Å²) < 4.78 is 5.21. The number of hydrogen-bond donors (Lipinski definition) is 0. The van der Waals surface area contributed by atoms with E-state index in [1.54, 1.807) is 7.11 Å². The van der Waals surface area contributed by atoms with Crippen LogP contribution in [-0.4, -0.2) is 12.8 Å². The third-order valence-electron chi connectivity index (χ3n) is 4.17. The van der Waals surface area contributed by atoms with Crippen molar-refractivity contribution in [1.29, 1.82) is 0 Å². The number of benzene rings is 3. The molecular formula is C21H21NO. The van der Waals surface area contributed by atoms with Gasteiger partial charge in [0.05, 0.1) is 13.2 Å². The van der Waals surface area contributed by atoms with Crippen molar-refractivity contribution in [2.45, 2.75) is 19.9 Å². The highest BCUT2D eigenvalue weighted by Crippen LogP contribution is 2.27. The summed E-state index contributed by atoms with van der Waals surface area (Å²) in [6, 6.07) is 23.0. The Kier molecular flexibility index (Phi) is 4.42. The molecule has 3 aromatic rings. The van der Waals surface area contributed by atoms with Crippen LogP contribution < -0.4 is 4.74 Å². The Morgan fingerprint density at radius 1 is 0.913 bits per heavy atom. The molecule has 116 valence electrons. The number of hydrogen-bond acceptors (Lipinski definition) is 2. The van der Waals surface area contributed by atoms with Crippen LogP contribution in [0.4, 0.5) is 0 Å². The molecule has 3 rings (SSSR count). The van der Waals surface area contributed by atoms with E-state index in [4.69, 9.17) is 9.73 Å². The molecule has 1 atom stereocenters. The average Bonchev–Trinajstić information content (AvgIpc) is 2.61. The lowest BCUT2D eigenvalue weighted by Crippen LogP contribution is -2.00. The fraction of sp³-hybridized carbons (Fsp3) is 0.190. The Hall–Kier alpha value is -2.61. The molecule has 0 unspecified atom stereocenters. The Labute approximate surface area is 137 Å². The molecule has 0 amide bonds. The van der Waals surface area contributed by atoms with Crippen LogP contribution in [0.1, 0.15) is 31.0 Å². The summed E-state index contributed by atoms with van der Waals surface area (Å²) in [6.45, 7) is 4.21. The van der Waals surface area contributed by atoms with E-state index < -0.39 is 0 Å². The molecule has 0 spiro atoms. The van der Waals surface area contributed by atoms with Gasteiger partial charge in [-0.15, -0.1) is 0 Å². The smallest absolute Gasteiger partial charge is 0.118 e. The van der Waals surface area contributed by atoms with Crippen molar-refractivity contribution in [3.05, 3.63) is 77.9 Å². The molecule has 0 radical (unpaired) electrons. The molecule has 0 heterocycles. The number of aliphatic imine (C=N–C) groups is 1. The van der Waals surface area contributed by atoms with Crippen molar-refractivity contribution in [3.8, 4) is 5.75 Å². The van der Waals surface area contributed by atoms with Gasteiger partial charge in [0.15, 0.2) is 0 Å². The average molecular weight is 303 g/mol. The summed E-state index contributed by atoms with van der Waals surface area (Å²) in [7, 11) is 1.68. The van der Waals surface area contributed by atoms with Crippen molar-refractivity contribution in [1.82, 2.24) is 0 Å². The molecule has 0 fully saturated rings. The molecule has 2 nitrogen and oxygen atoms in total. The van der Waals surface area contributed by atoms with Crippen LogP contribution in [0.5, 0.6) is 5.75 Å². The number of methoxy groups -OCH3 is 1. The maximum absolute atomic E-state index is 5.21. The van der Waals surface area contributed by atoms with Crippen molar-refractivity contribution in [3.63, 3.8) is 0 Å². The number of rotatable bonds is 4. The Bertz CT molecular complexity index is 829. The second-order valence-corrected chi connectivity index (χ2v) is 5.69. The Morgan fingerprint density at radius 3 is 2.35 bits per heavy atom. The first-order valence-corrected chi connectivity index (χ1v) is 7.85. The molecule has 0 aromatic heterocycles. The monoisotopic (exact) mass is 303 g/mol. The Balaban J connectivity index is 1.93. The highest BCUT2D eigenvalue weighted by molar-refractivity contribution is 5.99. The molecule has 23 heavy (non-hydrogen) atoms. The quantitative estimate of drug-likeness (QED) is 0.590. The summed E-state index contributed by atoms with van der Waals surface area (Å²) in [5.41, 5.74) is 3.42. The van der Waals surface area contributed by atoms with Gasteiger partial charge in [-0.1, -0.05) is 42.5 Å². The molecule has 2 heteroatoms. The summed E-state index contributed by atoms with van der Waals surface area (Å²) in [5.74, 6) is 0.864. The maximum Gasteiger partial charge on any atom is 0.118 e. The van der Waals surface area contributed by atoms with Crippen molar-refractivity contribution in [2.24, 2.45) is 4.99 Å². The van der Waals surface area contributed by atoms with Gasteiger partial charge in [-0.2, -0.15) is 0 Å². The predicted molar refractivity (Wildman–Crippen MR) is 97.6 cm³/mol. The first-order chi connectivity index (χ1) is 11.2. The highest BCUT2D eigenvalue weighted by Gasteiger charge is 2.09. The van der Waals surface area contributed by atoms with Crippen LogP contribution in [0.3, 0.4) is 0 Å². The van der Waals surface area contributed by atoms with Crippen LogP contribution in [-0.2, 0) is 0 Å². The molecule has 0 aliphatic heterocycles. The van der Waals surface area contributed by atoms with Gasteiger partial charge in [-0.25, -0.2) is 0 Å². The molecule has 0 aliphatic rings. The van der Waals surface area contributed by atoms with Crippen LogP contribution in [0.25, 0.3) is 10.8 Å². The normalized spacial score (nSPS) is 13.1. The lowest BCUT2D eigenvalue weighted by molar-refractivity contribution is 0.415. The van der Waals surface area contributed by atoms with E-state index in [0.717, 1.165) is 17.0 Å². The minimum atomic E-state index is 0.114. The van der Waals surface area contributed by atoms with Gasteiger partial charge in [-0.05, 0) is 60.0 Å². The van der Waals surface area contributed by atoms with Gasteiger partial charge in [-0.3, -0.25) is 4.99 Å². The van der Waals surface area contributed by atoms with Gasteiger partial charge in [0.25, 0.3) is 0 Å². The van der Waals surface area contributed by atoms with E-state index in [9.17, 15) is 0 Å². The summed E-state index contributed by atoms with van der Waals surface area (Å²) in [5, 5.41) is 2.53. The van der Waals surface area contributed by atoms with Crippen LogP contribution in [0.2, 0.25) is 0 Å². The topological polar surface area (TPSA) is 21.6 Å². The van der Waals surface area contributed by atoms with Crippen LogP contribution >= 0.6 is 0 Å². The lowest BCUT2D eigenvalue weighted by Gasteiger charge is -2.12. The van der Waals surface area contributed by atoms with Crippen molar-refractivity contribution >= 4 is 16.5 Å². The zero-order valence-corrected chi connectivity index (χ0v) is 13.8. The molecular weight excluding hydrogens is 282 g/mol. The van der Waals surface area contributed by atoms with E-state index in [-0.39, 0.29) is 6.04 Å². The van der Waals surface area contributed by atoms with Crippen LogP contribution in [0, 0.1) is 0 Å². The minimum Gasteiger partial charge on any atom is -0.497 e. The summed E-state index contributed by atoms with van der Waals surface area (Å²) >= 11 is 0. The number of nitrogens with zero attached hydrogens (tertiary/aromatic N) is 1. The van der Waals surface area contributed by atoms with Gasteiger partial charge >= 0.3 is 0 Å². The Morgan fingerprint density at radius 2 is 1.61 bits per heavy atom. The van der Waals surface area contributed by atoms with E-state index in [1.807, 2.05) is 24.3 Å². The zero-order chi connectivity index (χ0) is 16.2.